The standard InChI is InChI=1S/C20H18Cl2F3N3O3/c21-14-2-3-15(22)16(9-14)27-18(29)11-31-19(30)12-5-7-28(8-6-12)17-4-1-13(10-26-17)20(23,24)25/h1-4,9-10,12H,5-8,11H2,(H,27,29). The van der Waals surface area contributed by atoms with E-state index in [4.69, 9.17) is 27.9 Å². The number of hydrogen-bond donors (Lipinski definition) is 1. The van der Waals surface area contributed by atoms with E-state index in [0.717, 1.165) is 12.3 Å². The molecule has 31 heavy (non-hydrogen) atoms. The second kappa shape index (κ2) is 9.74. The number of nitrogens with one attached hydrogen (secondary N) is 1. The molecular weight excluding hydrogens is 458 g/mol. The number of amides is 1. The van der Waals surface area contributed by atoms with Crippen molar-refractivity contribution in [2.75, 3.05) is 29.9 Å². The first-order chi connectivity index (χ1) is 14.6. The predicted octanol–water partition coefficient (Wildman–Crippen LogP) is 4.81. The third kappa shape index (κ3) is 6.24. The minimum Gasteiger partial charge on any atom is -0.455 e. The van der Waals surface area contributed by atoms with Crippen LogP contribution >= 0.6 is 23.2 Å². The van der Waals surface area contributed by atoms with Gasteiger partial charge in [-0.2, -0.15) is 13.2 Å². The van der Waals surface area contributed by atoms with E-state index in [0.29, 0.717) is 47.5 Å². The molecule has 0 unspecified atom stereocenters. The lowest BCUT2D eigenvalue weighted by molar-refractivity contribution is -0.152. The van der Waals surface area contributed by atoms with Gasteiger partial charge in [0.15, 0.2) is 6.61 Å². The van der Waals surface area contributed by atoms with Gasteiger partial charge in [-0.05, 0) is 43.2 Å². The molecule has 1 N–H and O–H groups in total. The molecule has 1 aromatic heterocycles. The Hall–Kier alpha value is -2.52. The number of rotatable bonds is 5. The second-order valence-corrected chi connectivity index (χ2v) is 7.79. The summed E-state index contributed by atoms with van der Waals surface area (Å²) >= 11 is 11.8. The summed E-state index contributed by atoms with van der Waals surface area (Å²) in [4.78, 5) is 29.9. The second-order valence-electron chi connectivity index (χ2n) is 6.94. The lowest BCUT2D eigenvalue weighted by Crippen LogP contribution is -2.38. The van der Waals surface area contributed by atoms with Crippen molar-refractivity contribution in [3.8, 4) is 0 Å². The van der Waals surface area contributed by atoms with Crippen molar-refractivity contribution in [2.24, 2.45) is 5.92 Å². The molecule has 1 fully saturated rings. The molecule has 166 valence electrons. The number of piperidine rings is 1. The molecule has 1 saturated heterocycles. The molecule has 0 aliphatic carbocycles. The van der Waals surface area contributed by atoms with Crippen LogP contribution in [0.4, 0.5) is 24.7 Å². The normalized spacial score (nSPS) is 14.9. The van der Waals surface area contributed by atoms with E-state index in [1.165, 1.54) is 18.2 Å². The first-order valence-electron chi connectivity index (χ1n) is 9.33. The van der Waals surface area contributed by atoms with Gasteiger partial charge in [0, 0.05) is 24.3 Å². The quantitative estimate of drug-likeness (QED) is 0.628. The summed E-state index contributed by atoms with van der Waals surface area (Å²) in [6.45, 7) is 0.396. The van der Waals surface area contributed by atoms with Crippen LogP contribution in [-0.2, 0) is 20.5 Å². The summed E-state index contributed by atoms with van der Waals surface area (Å²) in [5.74, 6) is -1.05. The lowest BCUT2D eigenvalue weighted by atomic mass is 9.97. The van der Waals surface area contributed by atoms with E-state index in [9.17, 15) is 22.8 Å². The number of anilines is 2. The number of aromatic nitrogens is 1. The maximum atomic E-state index is 12.6. The Bertz CT molecular complexity index is 947. The highest BCUT2D eigenvalue weighted by Crippen LogP contribution is 2.30. The third-order valence-corrected chi connectivity index (χ3v) is 5.34. The van der Waals surface area contributed by atoms with Crippen LogP contribution in [0, 0.1) is 5.92 Å². The summed E-state index contributed by atoms with van der Waals surface area (Å²) in [5.41, 5.74) is -0.500. The highest BCUT2D eigenvalue weighted by Gasteiger charge is 2.31. The monoisotopic (exact) mass is 475 g/mol. The lowest BCUT2D eigenvalue weighted by Gasteiger charge is -2.31. The van der Waals surface area contributed by atoms with Crippen molar-refractivity contribution in [3.63, 3.8) is 0 Å². The maximum absolute atomic E-state index is 12.6. The number of alkyl halides is 3. The number of carbonyl (C=O) groups excluding carboxylic acids is 2. The Morgan fingerprint density at radius 1 is 1.16 bits per heavy atom. The molecule has 2 heterocycles. The van der Waals surface area contributed by atoms with Crippen LogP contribution in [0.25, 0.3) is 0 Å². The van der Waals surface area contributed by atoms with Crippen LogP contribution in [0.15, 0.2) is 36.5 Å². The fourth-order valence-electron chi connectivity index (χ4n) is 3.12. The summed E-state index contributed by atoms with van der Waals surface area (Å²) in [6.07, 6.45) is -2.78. The van der Waals surface area contributed by atoms with Crippen molar-refractivity contribution >= 4 is 46.6 Å². The number of carbonyl (C=O) groups is 2. The van der Waals surface area contributed by atoms with Gasteiger partial charge in [-0.15, -0.1) is 0 Å². The molecule has 3 rings (SSSR count). The molecule has 1 aromatic carbocycles. The average Bonchev–Trinajstić information content (AvgIpc) is 2.74. The minimum absolute atomic E-state index is 0.299. The molecule has 0 saturated carbocycles. The largest absolute Gasteiger partial charge is 0.455 e. The van der Waals surface area contributed by atoms with Crippen molar-refractivity contribution in [1.82, 2.24) is 4.98 Å². The molecule has 0 atom stereocenters. The smallest absolute Gasteiger partial charge is 0.417 e. The van der Waals surface area contributed by atoms with Gasteiger partial charge in [0.25, 0.3) is 5.91 Å². The molecule has 0 radical (unpaired) electrons. The van der Waals surface area contributed by atoms with Gasteiger partial charge >= 0.3 is 12.1 Å². The number of nitrogens with zero attached hydrogens (tertiary/aromatic N) is 2. The Kier molecular flexibility index (Phi) is 7.27. The molecule has 11 heteroatoms. The number of pyridine rings is 1. The number of ether oxygens (including phenoxy) is 1. The summed E-state index contributed by atoms with van der Waals surface area (Å²) in [6, 6.07) is 6.88. The zero-order valence-corrected chi connectivity index (χ0v) is 17.6. The van der Waals surface area contributed by atoms with Gasteiger partial charge in [-0.3, -0.25) is 9.59 Å². The van der Waals surface area contributed by atoms with Crippen molar-refractivity contribution < 1.29 is 27.5 Å². The first-order valence-corrected chi connectivity index (χ1v) is 10.1. The van der Waals surface area contributed by atoms with E-state index in [2.05, 4.69) is 10.3 Å². The van der Waals surface area contributed by atoms with Crippen LogP contribution in [0.1, 0.15) is 18.4 Å². The first kappa shape index (κ1) is 23.1. The number of esters is 1. The Morgan fingerprint density at radius 2 is 1.87 bits per heavy atom. The van der Waals surface area contributed by atoms with Crippen molar-refractivity contribution in [2.45, 2.75) is 19.0 Å². The molecule has 1 aliphatic heterocycles. The summed E-state index contributed by atoms with van der Waals surface area (Å²) in [7, 11) is 0. The van der Waals surface area contributed by atoms with Gasteiger partial charge in [-0.25, -0.2) is 4.98 Å². The maximum Gasteiger partial charge on any atom is 0.417 e. The zero-order valence-electron chi connectivity index (χ0n) is 16.1. The van der Waals surface area contributed by atoms with Gasteiger partial charge in [0.2, 0.25) is 0 Å². The average molecular weight is 476 g/mol. The van der Waals surface area contributed by atoms with Gasteiger partial charge in [0.1, 0.15) is 5.82 Å². The zero-order chi connectivity index (χ0) is 22.6. The summed E-state index contributed by atoms with van der Waals surface area (Å²) < 4.78 is 43.0. The van der Waals surface area contributed by atoms with E-state index in [1.54, 1.807) is 11.0 Å². The molecule has 0 spiro atoms. The predicted molar refractivity (Wildman–Crippen MR) is 110 cm³/mol. The van der Waals surface area contributed by atoms with Gasteiger partial charge in [-0.1, -0.05) is 23.2 Å². The fraction of sp³-hybridized carbons (Fsp3) is 0.350. The van der Waals surface area contributed by atoms with Gasteiger partial charge < -0.3 is 15.0 Å². The molecule has 1 amide bonds. The SMILES string of the molecule is O=C(COC(=O)C1CCN(c2ccc(C(F)(F)F)cn2)CC1)Nc1cc(Cl)ccc1Cl. The molecule has 2 aromatic rings. The molecule has 6 nitrogen and oxygen atoms in total. The third-order valence-electron chi connectivity index (χ3n) is 4.78. The van der Waals surface area contributed by atoms with Crippen LogP contribution < -0.4 is 10.2 Å². The number of hydrogen-bond acceptors (Lipinski definition) is 5. The topological polar surface area (TPSA) is 71.5 Å². The molecular formula is C20H18Cl2F3N3O3. The fourth-order valence-corrected chi connectivity index (χ4v) is 3.46. The highest BCUT2D eigenvalue weighted by molar-refractivity contribution is 6.35. The van der Waals surface area contributed by atoms with Crippen LogP contribution in [0.2, 0.25) is 10.0 Å². The van der Waals surface area contributed by atoms with E-state index in [1.807, 2.05) is 0 Å². The number of benzene rings is 1. The molecule has 1 aliphatic rings. The van der Waals surface area contributed by atoms with E-state index >= 15 is 0 Å². The number of halogens is 5. The van der Waals surface area contributed by atoms with Crippen molar-refractivity contribution in [3.05, 3.63) is 52.1 Å². The Morgan fingerprint density at radius 3 is 2.48 bits per heavy atom. The van der Waals surface area contributed by atoms with Gasteiger partial charge in [0.05, 0.1) is 22.2 Å². The van der Waals surface area contributed by atoms with E-state index < -0.39 is 36.1 Å². The highest BCUT2D eigenvalue weighted by atomic mass is 35.5. The summed E-state index contributed by atoms with van der Waals surface area (Å²) in [5, 5.41) is 3.22. The Balaban J connectivity index is 1.46. The van der Waals surface area contributed by atoms with E-state index in [-0.39, 0.29) is 0 Å². The molecule has 0 bridgehead atoms. The van der Waals surface area contributed by atoms with Crippen LogP contribution in [0.5, 0.6) is 0 Å². The Labute approximate surface area is 186 Å². The van der Waals surface area contributed by atoms with Crippen LogP contribution in [-0.4, -0.2) is 36.6 Å². The van der Waals surface area contributed by atoms with Crippen molar-refractivity contribution in [1.29, 1.82) is 0 Å². The van der Waals surface area contributed by atoms with Crippen LogP contribution in [0.3, 0.4) is 0 Å². The minimum atomic E-state index is -4.44.